The summed E-state index contributed by atoms with van der Waals surface area (Å²) in [4.78, 5) is 6.71. The molecule has 1 saturated heterocycles. The van der Waals surface area contributed by atoms with Crippen molar-refractivity contribution < 1.29 is 0 Å². The summed E-state index contributed by atoms with van der Waals surface area (Å²) in [5.74, 6) is 1.58. The number of aryl methyl sites for hydroxylation is 1. The Labute approximate surface area is 155 Å². The number of hydrogen-bond donors (Lipinski definition) is 2. The molecule has 0 amide bonds. The number of rotatable bonds is 6. The van der Waals surface area contributed by atoms with E-state index in [1.807, 2.05) is 19.2 Å². The second kappa shape index (κ2) is 10.1. The summed E-state index contributed by atoms with van der Waals surface area (Å²) in [6, 6.07) is 5.68. The van der Waals surface area contributed by atoms with Crippen molar-refractivity contribution in [1.29, 1.82) is 0 Å². The highest BCUT2D eigenvalue weighted by Gasteiger charge is 2.17. The van der Waals surface area contributed by atoms with Crippen LogP contribution in [0.3, 0.4) is 0 Å². The molecule has 2 rings (SSSR count). The first kappa shape index (κ1) is 19.4. The molecule has 1 atom stereocenters. The van der Waals surface area contributed by atoms with Gasteiger partial charge in [0.2, 0.25) is 0 Å². The van der Waals surface area contributed by atoms with Crippen LogP contribution >= 0.6 is 23.2 Å². The number of piperidine rings is 1. The Balaban J connectivity index is 1.66. The minimum Gasteiger partial charge on any atom is -0.356 e. The van der Waals surface area contributed by atoms with Crippen LogP contribution in [0.15, 0.2) is 23.2 Å². The van der Waals surface area contributed by atoms with Gasteiger partial charge in [0.1, 0.15) is 0 Å². The van der Waals surface area contributed by atoms with Crippen molar-refractivity contribution >= 4 is 29.2 Å². The third-order valence-electron chi connectivity index (χ3n) is 4.43. The topological polar surface area (TPSA) is 39.7 Å². The molecule has 134 valence electrons. The van der Waals surface area contributed by atoms with Gasteiger partial charge in [-0.05, 0) is 62.9 Å². The molecule has 2 N–H and O–H groups in total. The largest absolute Gasteiger partial charge is 0.356 e. The molecule has 1 aliphatic rings. The second-order valence-electron chi connectivity index (χ2n) is 6.49. The number of halogens is 2. The highest BCUT2D eigenvalue weighted by atomic mass is 35.5. The Morgan fingerprint density at radius 2 is 2.17 bits per heavy atom. The van der Waals surface area contributed by atoms with Crippen LogP contribution in [-0.4, -0.2) is 51.1 Å². The summed E-state index contributed by atoms with van der Waals surface area (Å²) in [6.45, 7) is 4.23. The van der Waals surface area contributed by atoms with Gasteiger partial charge in [-0.2, -0.15) is 0 Å². The Bertz CT molecular complexity index is 548. The van der Waals surface area contributed by atoms with E-state index in [1.165, 1.54) is 25.9 Å². The minimum atomic E-state index is 0.680. The van der Waals surface area contributed by atoms with Crippen molar-refractivity contribution in [3.8, 4) is 0 Å². The monoisotopic (exact) mass is 370 g/mol. The highest BCUT2D eigenvalue weighted by Crippen LogP contribution is 2.21. The molecule has 0 bridgehead atoms. The fourth-order valence-electron chi connectivity index (χ4n) is 3.11. The molecular weight excluding hydrogens is 343 g/mol. The SMILES string of the molecule is CN=C(NCCCc1ccc(Cl)cc1Cl)NCC1CCCN(C)C1. The molecular formula is C18H28Cl2N4. The zero-order valence-corrected chi connectivity index (χ0v) is 16.1. The number of nitrogens with one attached hydrogen (secondary N) is 2. The third kappa shape index (κ3) is 6.50. The molecule has 0 radical (unpaired) electrons. The van der Waals surface area contributed by atoms with Gasteiger partial charge in [0.05, 0.1) is 0 Å². The number of likely N-dealkylation sites (tertiary alicyclic amines) is 1. The Morgan fingerprint density at radius 3 is 2.88 bits per heavy atom. The summed E-state index contributed by atoms with van der Waals surface area (Å²) < 4.78 is 0. The van der Waals surface area contributed by atoms with E-state index in [4.69, 9.17) is 23.2 Å². The molecule has 6 heteroatoms. The number of guanidine groups is 1. The standard InChI is InChI=1S/C18H28Cl2N4/c1-21-18(23-12-14-5-4-10-24(2)13-14)22-9-3-6-15-7-8-16(19)11-17(15)20/h7-8,11,14H,3-6,9-10,12-13H2,1-2H3,(H2,21,22,23). The summed E-state index contributed by atoms with van der Waals surface area (Å²) in [7, 11) is 4.01. The first-order valence-electron chi connectivity index (χ1n) is 8.65. The van der Waals surface area contributed by atoms with E-state index in [-0.39, 0.29) is 0 Å². The molecule has 1 heterocycles. The maximum atomic E-state index is 6.20. The lowest BCUT2D eigenvalue weighted by Gasteiger charge is -2.30. The van der Waals surface area contributed by atoms with Crippen LogP contribution in [0.5, 0.6) is 0 Å². The van der Waals surface area contributed by atoms with Crippen LogP contribution in [0.2, 0.25) is 10.0 Å². The lowest BCUT2D eigenvalue weighted by molar-refractivity contribution is 0.210. The van der Waals surface area contributed by atoms with Crippen molar-refractivity contribution in [2.75, 3.05) is 40.3 Å². The molecule has 24 heavy (non-hydrogen) atoms. The van der Waals surface area contributed by atoms with E-state index in [1.54, 1.807) is 6.07 Å². The Kier molecular flexibility index (Phi) is 8.16. The predicted octanol–water partition coefficient (Wildman–Crippen LogP) is 3.43. The summed E-state index contributed by atoms with van der Waals surface area (Å²) in [5.41, 5.74) is 1.14. The van der Waals surface area contributed by atoms with Crippen LogP contribution in [0.4, 0.5) is 0 Å². The molecule has 0 aromatic heterocycles. The van der Waals surface area contributed by atoms with E-state index in [9.17, 15) is 0 Å². The fraction of sp³-hybridized carbons (Fsp3) is 0.611. The molecule has 1 aromatic rings. The molecule has 1 fully saturated rings. The van der Waals surface area contributed by atoms with Gasteiger partial charge in [-0.1, -0.05) is 29.3 Å². The van der Waals surface area contributed by atoms with Crippen molar-refractivity contribution in [1.82, 2.24) is 15.5 Å². The van der Waals surface area contributed by atoms with Crippen LogP contribution < -0.4 is 10.6 Å². The lowest BCUT2D eigenvalue weighted by atomic mass is 9.99. The first-order chi connectivity index (χ1) is 11.6. The van der Waals surface area contributed by atoms with Crippen molar-refractivity contribution in [2.24, 2.45) is 10.9 Å². The second-order valence-corrected chi connectivity index (χ2v) is 7.33. The van der Waals surface area contributed by atoms with E-state index in [2.05, 4.69) is 27.6 Å². The van der Waals surface area contributed by atoms with Crippen molar-refractivity contribution in [3.63, 3.8) is 0 Å². The number of benzene rings is 1. The van der Waals surface area contributed by atoms with E-state index < -0.39 is 0 Å². The quantitative estimate of drug-likeness (QED) is 0.457. The third-order valence-corrected chi connectivity index (χ3v) is 5.02. The first-order valence-corrected chi connectivity index (χ1v) is 9.41. The average Bonchev–Trinajstić information content (AvgIpc) is 2.56. The predicted molar refractivity (Wildman–Crippen MR) is 104 cm³/mol. The molecule has 0 spiro atoms. The van der Waals surface area contributed by atoms with Crippen LogP contribution in [-0.2, 0) is 6.42 Å². The van der Waals surface area contributed by atoms with Crippen LogP contribution in [0, 0.1) is 5.92 Å². The zero-order valence-electron chi connectivity index (χ0n) is 14.6. The normalized spacial score (nSPS) is 19.3. The summed E-state index contributed by atoms with van der Waals surface area (Å²) >= 11 is 12.1. The van der Waals surface area contributed by atoms with Gasteiger partial charge < -0.3 is 15.5 Å². The van der Waals surface area contributed by atoms with Gasteiger partial charge >= 0.3 is 0 Å². The van der Waals surface area contributed by atoms with Gasteiger partial charge in [-0.3, -0.25) is 4.99 Å². The average molecular weight is 371 g/mol. The van der Waals surface area contributed by atoms with E-state index >= 15 is 0 Å². The molecule has 1 aromatic carbocycles. The van der Waals surface area contributed by atoms with E-state index in [0.29, 0.717) is 10.9 Å². The number of hydrogen-bond acceptors (Lipinski definition) is 2. The van der Waals surface area contributed by atoms with Gasteiger partial charge in [-0.25, -0.2) is 0 Å². The van der Waals surface area contributed by atoms with E-state index in [0.717, 1.165) is 42.5 Å². The maximum Gasteiger partial charge on any atom is 0.190 e. The summed E-state index contributed by atoms with van der Waals surface area (Å²) in [5, 5.41) is 8.25. The zero-order chi connectivity index (χ0) is 17.4. The molecule has 0 aliphatic carbocycles. The molecule has 0 saturated carbocycles. The Hall–Kier alpha value is -0.970. The molecule has 4 nitrogen and oxygen atoms in total. The smallest absolute Gasteiger partial charge is 0.190 e. The van der Waals surface area contributed by atoms with Crippen LogP contribution in [0.25, 0.3) is 0 Å². The summed E-state index contributed by atoms with van der Waals surface area (Å²) in [6.07, 6.45) is 4.50. The molecule has 1 aliphatic heterocycles. The molecule has 1 unspecified atom stereocenters. The van der Waals surface area contributed by atoms with Gasteiger partial charge in [-0.15, -0.1) is 0 Å². The number of aliphatic imine (C=N–C) groups is 1. The maximum absolute atomic E-state index is 6.20. The van der Waals surface area contributed by atoms with Gasteiger partial charge in [0, 0.05) is 36.7 Å². The van der Waals surface area contributed by atoms with Gasteiger partial charge in [0.15, 0.2) is 5.96 Å². The fourth-order valence-corrected chi connectivity index (χ4v) is 3.61. The minimum absolute atomic E-state index is 0.680. The highest BCUT2D eigenvalue weighted by molar-refractivity contribution is 6.35. The lowest BCUT2D eigenvalue weighted by Crippen LogP contribution is -2.43. The Morgan fingerprint density at radius 1 is 1.33 bits per heavy atom. The van der Waals surface area contributed by atoms with Gasteiger partial charge in [0.25, 0.3) is 0 Å². The van der Waals surface area contributed by atoms with Crippen LogP contribution in [0.1, 0.15) is 24.8 Å². The number of nitrogens with zero attached hydrogens (tertiary/aromatic N) is 2. The van der Waals surface area contributed by atoms with Crippen molar-refractivity contribution in [2.45, 2.75) is 25.7 Å². The van der Waals surface area contributed by atoms with Crippen molar-refractivity contribution in [3.05, 3.63) is 33.8 Å².